The van der Waals surface area contributed by atoms with E-state index in [1.54, 1.807) is 24.3 Å². The molecule has 0 radical (unpaired) electrons. The lowest BCUT2D eigenvalue weighted by Crippen LogP contribution is -2.11. The van der Waals surface area contributed by atoms with Gasteiger partial charge in [-0.3, -0.25) is 4.79 Å². The second-order valence-electron chi connectivity index (χ2n) is 7.06. The van der Waals surface area contributed by atoms with E-state index < -0.39 is 5.91 Å². The number of H-pyrrole nitrogens is 1. The monoisotopic (exact) mass is 409 g/mol. The summed E-state index contributed by atoms with van der Waals surface area (Å²) in [6.45, 7) is 0. The molecular weight excluding hydrogens is 390 g/mol. The summed E-state index contributed by atoms with van der Waals surface area (Å²) in [4.78, 5) is 15.4. The van der Waals surface area contributed by atoms with Crippen LogP contribution >= 0.6 is 0 Å². The van der Waals surface area contributed by atoms with E-state index in [2.05, 4.69) is 16.4 Å². The number of aromatic nitrogens is 1. The molecule has 4 N–H and O–H groups in total. The number of nitrogens with zero attached hydrogens (tertiary/aromatic N) is 1. The molecule has 4 aromatic rings. The van der Waals surface area contributed by atoms with Gasteiger partial charge in [0, 0.05) is 12.1 Å². The first-order chi connectivity index (χ1) is 15.0. The highest BCUT2D eigenvalue weighted by Gasteiger charge is 2.23. The first-order valence-corrected chi connectivity index (χ1v) is 9.64. The average molecular weight is 409 g/mol. The number of nitrogens with one attached hydrogen (secondary N) is 2. The van der Waals surface area contributed by atoms with E-state index in [0.29, 0.717) is 23.4 Å². The van der Waals surface area contributed by atoms with Crippen LogP contribution in [-0.4, -0.2) is 21.1 Å². The van der Waals surface area contributed by atoms with Crippen molar-refractivity contribution in [2.75, 3.05) is 5.32 Å². The number of carbonyl (C=O) groups excluding carboxylic acids is 1. The minimum Gasteiger partial charge on any atom is -0.505 e. The van der Waals surface area contributed by atoms with Crippen LogP contribution in [0.2, 0.25) is 0 Å². The zero-order valence-corrected chi connectivity index (χ0v) is 16.5. The van der Waals surface area contributed by atoms with Gasteiger partial charge in [-0.1, -0.05) is 54.6 Å². The summed E-state index contributed by atoms with van der Waals surface area (Å²) < 4.78 is 0. The van der Waals surface area contributed by atoms with Gasteiger partial charge in [0.15, 0.2) is 5.75 Å². The Bertz CT molecular complexity index is 1250. The molecular formula is C25H19N3O3. The summed E-state index contributed by atoms with van der Waals surface area (Å²) in [7, 11) is 0. The van der Waals surface area contributed by atoms with Crippen LogP contribution in [0, 0.1) is 11.3 Å². The molecule has 3 aromatic carbocycles. The van der Waals surface area contributed by atoms with Crippen molar-refractivity contribution in [3.05, 3.63) is 101 Å². The molecule has 0 unspecified atom stereocenters. The summed E-state index contributed by atoms with van der Waals surface area (Å²) in [6.07, 6.45) is 0.354. The lowest BCUT2D eigenvalue weighted by Gasteiger charge is -2.07. The largest absolute Gasteiger partial charge is 0.505 e. The zero-order valence-electron chi connectivity index (χ0n) is 16.5. The Labute approximate surface area is 179 Å². The molecule has 6 heteroatoms. The van der Waals surface area contributed by atoms with Crippen LogP contribution < -0.4 is 5.32 Å². The number of nitriles is 1. The molecule has 1 amide bonds. The minimum atomic E-state index is -0.614. The molecule has 0 aliphatic rings. The average Bonchev–Trinajstić information content (AvgIpc) is 3.08. The highest BCUT2D eigenvalue weighted by atomic mass is 16.3. The molecule has 0 fully saturated rings. The highest BCUT2D eigenvalue weighted by molar-refractivity contribution is 6.08. The molecule has 0 saturated heterocycles. The molecule has 6 nitrogen and oxygen atoms in total. The number of rotatable bonds is 5. The normalized spacial score (nSPS) is 10.4. The number of aromatic amines is 1. The van der Waals surface area contributed by atoms with Gasteiger partial charge in [-0.25, -0.2) is 0 Å². The SMILES string of the molecule is N#Cc1ccc(-c2ccc(NC(=O)c3c(O)[nH]c(Cc4ccccc4)c3O)cc2)cc1. The summed E-state index contributed by atoms with van der Waals surface area (Å²) >= 11 is 0. The van der Waals surface area contributed by atoms with Crippen molar-refractivity contribution in [3.63, 3.8) is 0 Å². The van der Waals surface area contributed by atoms with Gasteiger partial charge < -0.3 is 20.5 Å². The third-order valence-electron chi connectivity index (χ3n) is 4.97. The Morgan fingerprint density at radius 2 is 1.52 bits per heavy atom. The third kappa shape index (κ3) is 4.26. The second kappa shape index (κ2) is 8.47. The van der Waals surface area contributed by atoms with Crippen molar-refractivity contribution < 1.29 is 15.0 Å². The molecule has 0 saturated carbocycles. The van der Waals surface area contributed by atoms with Crippen molar-refractivity contribution >= 4 is 11.6 Å². The first kappa shape index (κ1) is 19.8. The Hall–Kier alpha value is -4.50. The predicted molar refractivity (Wildman–Crippen MR) is 118 cm³/mol. The van der Waals surface area contributed by atoms with E-state index in [1.165, 1.54) is 0 Å². The Morgan fingerprint density at radius 3 is 2.13 bits per heavy atom. The van der Waals surface area contributed by atoms with Crippen LogP contribution in [0.4, 0.5) is 5.69 Å². The van der Waals surface area contributed by atoms with E-state index in [-0.39, 0.29) is 17.2 Å². The van der Waals surface area contributed by atoms with Crippen LogP contribution in [0.15, 0.2) is 78.9 Å². The molecule has 4 rings (SSSR count). The Morgan fingerprint density at radius 1 is 0.903 bits per heavy atom. The number of hydrogen-bond acceptors (Lipinski definition) is 4. The quantitative estimate of drug-likeness (QED) is 0.379. The van der Waals surface area contributed by atoms with Gasteiger partial charge in [-0.15, -0.1) is 0 Å². The van der Waals surface area contributed by atoms with Gasteiger partial charge in [-0.05, 0) is 41.0 Å². The van der Waals surface area contributed by atoms with Crippen molar-refractivity contribution in [2.45, 2.75) is 6.42 Å². The fourth-order valence-corrected chi connectivity index (χ4v) is 3.35. The predicted octanol–water partition coefficient (Wildman–Crippen LogP) is 4.81. The molecule has 0 atom stereocenters. The van der Waals surface area contributed by atoms with Gasteiger partial charge in [0.25, 0.3) is 5.91 Å². The van der Waals surface area contributed by atoms with E-state index in [4.69, 9.17) is 5.26 Å². The van der Waals surface area contributed by atoms with Gasteiger partial charge in [0.1, 0.15) is 5.56 Å². The Kier molecular flexibility index (Phi) is 5.41. The number of anilines is 1. The zero-order chi connectivity index (χ0) is 21.8. The lowest BCUT2D eigenvalue weighted by molar-refractivity contribution is 0.102. The van der Waals surface area contributed by atoms with Crippen LogP contribution in [0.25, 0.3) is 11.1 Å². The van der Waals surface area contributed by atoms with Crippen molar-refractivity contribution in [3.8, 4) is 28.8 Å². The first-order valence-electron chi connectivity index (χ1n) is 9.64. The maximum Gasteiger partial charge on any atom is 0.264 e. The number of amides is 1. The van der Waals surface area contributed by atoms with E-state index >= 15 is 0 Å². The van der Waals surface area contributed by atoms with Gasteiger partial charge >= 0.3 is 0 Å². The summed E-state index contributed by atoms with van der Waals surface area (Å²) in [5.74, 6) is -1.26. The highest BCUT2D eigenvalue weighted by Crippen LogP contribution is 2.33. The molecule has 31 heavy (non-hydrogen) atoms. The van der Waals surface area contributed by atoms with Crippen LogP contribution in [0.5, 0.6) is 11.6 Å². The van der Waals surface area contributed by atoms with Crippen LogP contribution in [0.1, 0.15) is 27.2 Å². The van der Waals surface area contributed by atoms with Gasteiger partial charge in [0.05, 0.1) is 17.3 Å². The summed E-state index contributed by atoms with van der Waals surface area (Å²) in [5, 5.41) is 32.2. The molecule has 0 bridgehead atoms. The number of aromatic hydroxyl groups is 2. The fraction of sp³-hybridized carbons (Fsp3) is 0.0400. The van der Waals surface area contributed by atoms with Crippen LogP contribution in [0.3, 0.4) is 0 Å². The Balaban J connectivity index is 1.50. The standard InChI is InChI=1S/C25H19N3O3/c26-15-17-6-8-18(9-7-17)19-10-12-20(13-11-19)27-24(30)22-23(29)21(28-25(22)31)14-16-4-2-1-3-5-16/h1-13,28-29,31H,14H2,(H,27,30). The topological polar surface area (TPSA) is 109 Å². The number of benzene rings is 3. The second-order valence-corrected chi connectivity index (χ2v) is 7.06. The van der Waals surface area contributed by atoms with Gasteiger partial charge in [-0.2, -0.15) is 5.26 Å². The fourth-order valence-electron chi connectivity index (χ4n) is 3.35. The van der Waals surface area contributed by atoms with E-state index in [1.807, 2.05) is 54.6 Å². The smallest absolute Gasteiger partial charge is 0.264 e. The number of hydrogen-bond donors (Lipinski definition) is 4. The van der Waals surface area contributed by atoms with E-state index in [0.717, 1.165) is 16.7 Å². The maximum absolute atomic E-state index is 12.7. The molecule has 0 spiro atoms. The summed E-state index contributed by atoms with van der Waals surface area (Å²) in [6, 6.07) is 25.9. The molecule has 152 valence electrons. The molecule has 0 aliphatic carbocycles. The molecule has 1 aromatic heterocycles. The van der Waals surface area contributed by atoms with Crippen molar-refractivity contribution in [1.82, 2.24) is 4.98 Å². The maximum atomic E-state index is 12.7. The summed E-state index contributed by atoms with van der Waals surface area (Å²) in [5.41, 5.74) is 4.09. The van der Waals surface area contributed by atoms with Gasteiger partial charge in [0.2, 0.25) is 5.88 Å². The van der Waals surface area contributed by atoms with Crippen molar-refractivity contribution in [2.24, 2.45) is 0 Å². The lowest BCUT2D eigenvalue weighted by atomic mass is 10.0. The number of carbonyl (C=O) groups is 1. The van der Waals surface area contributed by atoms with E-state index in [9.17, 15) is 15.0 Å². The minimum absolute atomic E-state index is 0.193. The van der Waals surface area contributed by atoms with Crippen LogP contribution in [-0.2, 0) is 6.42 Å². The molecule has 0 aliphatic heterocycles. The molecule has 1 heterocycles. The third-order valence-corrected chi connectivity index (χ3v) is 4.97. The van der Waals surface area contributed by atoms with Crippen molar-refractivity contribution in [1.29, 1.82) is 5.26 Å².